The summed E-state index contributed by atoms with van der Waals surface area (Å²) in [7, 11) is -3.66. The van der Waals surface area contributed by atoms with Crippen molar-refractivity contribution in [1.82, 2.24) is 0 Å². The van der Waals surface area contributed by atoms with Crippen LogP contribution >= 0.6 is 15.9 Å². The molecule has 1 amide bonds. The third-order valence-electron chi connectivity index (χ3n) is 3.16. The van der Waals surface area contributed by atoms with Gasteiger partial charge in [0.2, 0.25) is 5.91 Å². The number of anilines is 2. The second-order valence-corrected chi connectivity index (χ2v) is 7.63. The van der Waals surface area contributed by atoms with E-state index in [0.717, 1.165) is 4.47 Å². The van der Waals surface area contributed by atoms with Crippen LogP contribution in [0.1, 0.15) is 13.8 Å². The van der Waals surface area contributed by atoms with Crippen molar-refractivity contribution in [3.8, 4) is 0 Å². The van der Waals surface area contributed by atoms with Crippen LogP contribution in [-0.4, -0.2) is 20.9 Å². The Morgan fingerprint density at radius 2 is 1.65 bits per heavy atom. The van der Waals surface area contributed by atoms with E-state index in [1.165, 1.54) is 23.4 Å². The van der Waals surface area contributed by atoms with E-state index in [1.807, 2.05) is 0 Å². The molecule has 0 unspecified atom stereocenters. The lowest BCUT2D eigenvalue weighted by molar-refractivity contribution is -0.114. The van der Waals surface area contributed by atoms with Crippen molar-refractivity contribution in [3.63, 3.8) is 0 Å². The third-order valence-corrected chi connectivity index (χ3v) is 5.61. The van der Waals surface area contributed by atoms with Crippen molar-refractivity contribution in [1.29, 1.82) is 0 Å². The van der Waals surface area contributed by atoms with Gasteiger partial charge in [-0.1, -0.05) is 15.9 Å². The topological polar surface area (TPSA) is 66.5 Å². The molecule has 122 valence electrons. The molecule has 0 fully saturated rings. The van der Waals surface area contributed by atoms with E-state index in [2.05, 4.69) is 21.2 Å². The van der Waals surface area contributed by atoms with Gasteiger partial charge in [-0.25, -0.2) is 8.42 Å². The van der Waals surface area contributed by atoms with Crippen LogP contribution in [0.5, 0.6) is 0 Å². The number of carbonyl (C=O) groups excluding carboxylic acids is 1. The second kappa shape index (κ2) is 7.14. The number of sulfonamides is 1. The Morgan fingerprint density at radius 1 is 1.09 bits per heavy atom. The van der Waals surface area contributed by atoms with Crippen molar-refractivity contribution >= 4 is 43.2 Å². The van der Waals surface area contributed by atoms with Crippen LogP contribution in [0.25, 0.3) is 0 Å². The summed E-state index contributed by atoms with van der Waals surface area (Å²) in [5.74, 6) is -0.203. The molecule has 1 N–H and O–H groups in total. The number of hydrogen-bond acceptors (Lipinski definition) is 3. The monoisotopic (exact) mass is 396 g/mol. The molecule has 0 spiro atoms. The van der Waals surface area contributed by atoms with Crippen LogP contribution in [-0.2, 0) is 14.8 Å². The zero-order valence-corrected chi connectivity index (χ0v) is 15.2. The van der Waals surface area contributed by atoms with Gasteiger partial charge < -0.3 is 5.32 Å². The standard InChI is InChI=1S/C16H17BrN2O3S/c1-3-19(15-8-4-13(17)5-9-15)23(21,22)16-10-6-14(7-11-16)18-12(2)20/h4-11H,3H2,1-2H3,(H,18,20). The predicted octanol–water partition coefficient (Wildman–Crippen LogP) is 3.62. The molecule has 0 saturated carbocycles. The number of amides is 1. The Kier molecular flexibility index (Phi) is 5.43. The van der Waals surface area contributed by atoms with Crippen LogP contribution in [0, 0.1) is 0 Å². The van der Waals surface area contributed by atoms with E-state index >= 15 is 0 Å². The highest BCUT2D eigenvalue weighted by atomic mass is 79.9. The Bertz CT molecular complexity index is 787. The van der Waals surface area contributed by atoms with Gasteiger partial charge in [0.15, 0.2) is 0 Å². The van der Waals surface area contributed by atoms with Gasteiger partial charge >= 0.3 is 0 Å². The predicted molar refractivity (Wildman–Crippen MR) is 95.1 cm³/mol. The molecular formula is C16H17BrN2O3S. The number of halogens is 1. The lowest BCUT2D eigenvalue weighted by atomic mass is 10.3. The largest absolute Gasteiger partial charge is 0.326 e. The van der Waals surface area contributed by atoms with Crippen LogP contribution in [0.4, 0.5) is 11.4 Å². The van der Waals surface area contributed by atoms with Gasteiger partial charge in [0.05, 0.1) is 10.6 Å². The van der Waals surface area contributed by atoms with Crippen LogP contribution < -0.4 is 9.62 Å². The number of carbonyl (C=O) groups is 1. The first-order chi connectivity index (χ1) is 10.8. The minimum Gasteiger partial charge on any atom is -0.326 e. The molecule has 0 aliphatic carbocycles. The van der Waals surface area contributed by atoms with E-state index < -0.39 is 10.0 Å². The summed E-state index contributed by atoms with van der Waals surface area (Å²) in [4.78, 5) is 11.2. The zero-order valence-electron chi connectivity index (χ0n) is 12.8. The van der Waals surface area contributed by atoms with E-state index in [1.54, 1.807) is 43.3 Å². The summed E-state index contributed by atoms with van der Waals surface area (Å²) in [5.41, 5.74) is 1.16. The van der Waals surface area contributed by atoms with Gasteiger partial charge in [-0.2, -0.15) is 0 Å². The molecule has 0 aromatic heterocycles. The van der Waals surface area contributed by atoms with E-state index in [-0.39, 0.29) is 10.8 Å². The molecule has 2 aromatic rings. The summed E-state index contributed by atoms with van der Waals surface area (Å²) >= 11 is 3.34. The third kappa shape index (κ3) is 4.11. The molecule has 23 heavy (non-hydrogen) atoms. The first-order valence-electron chi connectivity index (χ1n) is 7.00. The Hall–Kier alpha value is -1.86. The number of hydrogen-bond donors (Lipinski definition) is 1. The molecule has 7 heteroatoms. The average Bonchev–Trinajstić information content (AvgIpc) is 2.49. The first-order valence-corrected chi connectivity index (χ1v) is 9.24. The quantitative estimate of drug-likeness (QED) is 0.838. The van der Waals surface area contributed by atoms with Crippen LogP contribution in [0.3, 0.4) is 0 Å². The van der Waals surface area contributed by atoms with Gasteiger partial charge in [0.25, 0.3) is 10.0 Å². The molecule has 0 heterocycles. The van der Waals surface area contributed by atoms with Crippen LogP contribution in [0.15, 0.2) is 57.9 Å². The molecule has 0 bridgehead atoms. The molecule has 0 aliphatic rings. The van der Waals surface area contributed by atoms with E-state index in [9.17, 15) is 13.2 Å². The molecule has 5 nitrogen and oxygen atoms in total. The smallest absolute Gasteiger partial charge is 0.264 e. The number of nitrogens with zero attached hydrogens (tertiary/aromatic N) is 1. The Morgan fingerprint density at radius 3 is 2.13 bits per heavy atom. The lowest BCUT2D eigenvalue weighted by Gasteiger charge is -2.23. The van der Waals surface area contributed by atoms with Gasteiger partial charge in [-0.05, 0) is 55.5 Å². The summed E-state index contributed by atoms with van der Waals surface area (Å²) in [5, 5.41) is 2.61. The average molecular weight is 397 g/mol. The van der Waals surface area contributed by atoms with E-state index in [4.69, 9.17) is 0 Å². The van der Waals surface area contributed by atoms with Gasteiger partial charge in [0, 0.05) is 23.6 Å². The SMILES string of the molecule is CCN(c1ccc(Br)cc1)S(=O)(=O)c1ccc(NC(C)=O)cc1. The summed E-state index contributed by atoms with van der Waals surface area (Å²) in [6.45, 7) is 3.50. The van der Waals surface area contributed by atoms with Crippen molar-refractivity contribution in [2.45, 2.75) is 18.7 Å². The fraction of sp³-hybridized carbons (Fsp3) is 0.188. The summed E-state index contributed by atoms with van der Waals surface area (Å²) < 4.78 is 27.8. The lowest BCUT2D eigenvalue weighted by Crippen LogP contribution is -2.30. The maximum Gasteiger partial charge on any atom is 0.264 e. The second-order valence-electron chi connectivity index (χ2n) is 4.85. The summed E-state index contributed by atoms with van der Waals surface area (Å²) in [6.07, 6.45) is 0. The van der Waals surface area contributed by atoms with Crippen molar-refractivity contribution in [2.24, 2.45) is 0 Å². The van der Waals surface area contributed by atoms with Gasteiger partial charge in [-0.3, -0.25) is 9.10 Å². The number of benzene rings is 2. The van der Waals surface area contributed by atoms with E-state index in [0.29, 0.717) is 17.9 Å². The Balaban J connectivity index is 2.35. The number of nitrogens with one attached hydrogen (secondary N) is 1. The molecule has 0 aliphatic heterocycles. The van der Waals surface area contributed by atoms with Crippen molar-refractivity contribution in [3.05, 3.63) is 53.0 Å². The van der Waals surface area contributed by atoms with Crippen LogP contribution in [0.2, 0.25) is 0 Å². The first kappa shape index (κ1) is 17.5. The minimum absolute atomic E-state index is 0.177. The molecular weight excluding hydrogens is 380 g/mol. The van der Waals surface area contributed by atoms with Crippen molar-refractivity contribution < 1.29 is 13.2 Å². The van der Waals surface area contributed by atoms with Gasteiger partial charge in [-0.15, -0.1) is 0 Å². The summed E-state index contributed by atoms with van der Waals surface area (Å²) in [6, 6.07) is 13.2. The zero-order chi connectivity index (χ0) is 17.0. The fourth-order valence-electron chi connectivity index (χ4n) is 2.14. The molecule has 0 atom stereocenters. The molecule has 0 saturated heterocycles. The highest BCUT2D eigenvalue weighted by molar-refractivity contribution is 9.10. The highest BCUT2D eigenvalue weighted by Crippen LogP contribution is 2.25. The van der Waals surface area contributed by atoms with Gasteiger partial charge in [0.1, 0.15) is 0 Å². The maximum absolute atomic E-state index is 12.8. The molecule has 0 radical (unpaired) electrons. The molecule has 2 rings (SSSR count). The number of rotatable bonds is 5. The Labute approximate surface area is 144 Å². The highest BCUT2D eigenvalue weighted by Gasteiger charge is 2.23. The van der Waals surface area contributed by atoms with Crippen molar-refractivity contribution in [2.75, 3.05) is 16.2 Å². The fourth-order valence-corrected chi connectivity index (χ4v) is 3.88. The minimum atomic E-state index is -3.66. The maximum atomic E-state index is 12.8. The molecule has 2 aromatic carbocycles. The normalized spacial score (nSPS) is 11.1.